The highest BCUT2D eigenvalue weighted by Gasteiger charge is 2.23. The lowest BCUT2D eigenvalue weighted by Crippen LogP contribution is -2.36. The van der Waals surface area contributed by atoms with E-state index >= 15 is 0 Å². The maximum Gasteiger partial charge on any atom is 0.223 e. The number of aryl methyl sites for hydroxylation is 1. The van der Waals surface area contributed by atoms with Crippen LogP contribution in [0.5, 0.6) is 0 Å². The van der Waals surface area contributed by atoms with Crippen molar-refractivity contribution in [3.05, 3.63) is 47.1 Å². The summed E-state index contributed by atoms with van der Waals surface area (Å²) in [4.78, 5) is 6.33. The molecule has 1 saturated heterocycles. The second-order valence-corrected chi connectivity index (χ2v) is 5.88. The first-order chi connectivity index (χ1) is 10.6. The van der Waals surface area contributed by atoms with Crippen molar-refractivity contribution in [2.45, 2.75) is 32.7 Å². The second kappa shape index (κ2) is 6.52. The average molecular weight is 307 g/mol. The Bertz CT molecular complexity index is 624. The number of hydrogen-bond donors (Lipinski definition) is 0. The Balaban J connectivity index is 1.63. The van der Waals surface area contributed by atoms with E-state index in [-0.39, 0.29) is 5.56 Å². The molecule has 1 fully saturated rings. The predicted octanol–water partition coefficient (Wildman–Crippen LogP) is 3.11. The zero-order chi connectivity index (χ0) is 15.5. The van der Waals surface area contributed by atoms with Gasteiger partial charge in [-0.25, -0.2) is 8.78 Å². The van der Waals surface area contributed by atoms with Crippen molar-refractivity contribution in [3.63, 3.8) is 0 Å². The molecule has 1 aromatic carbocycles. The molecule has 0 aliphatic carbocycles. The molecule has 118 valence electrons. The van der Waals surface area contributed by atoms with Gasteiger partial charge in [-0.15, -0.1) is 0 Å². The topological polar surface area (TPSA) is 42.2 Å². The number of benzene rings is 1. The Morgan fingerprint density at radius 1 is 1.32 bits per heavy atom. The second-order valence-electron chi connectivity index (χ2n) is 5.88. The van der Waals surface area contributed by atoms with Crippen LogP contribution in [-0.2, 0) is 13.0 Å². The van der Waals surface area contributed by atoms with Crippen molar-refractivity contribution in [3.8, 4) is 0 Å². The van der Waals surface area contributed by atoms with Crippen molar-refractivity contribution in [2.75, 3.05) is 13.1 Å². The highest BCUT2D eigenvalue weighted by molar-refractivity contribution is 5.19. The van der Waals surface area contributed by atoms with Crippen LogP contribution in [-0.4, -0.2) is 28.1 Å². The molecular formula is C16H19F2N3O. The fraction of sp³-hybridized carbons (Fsp3) is 0.500. The van der Waals surface area contributed by atoms with Gasteiger partial charge in [0, 0.05) is 32.0 Å². The van der Waals surface area contributed by atoms with E-state index in [4.69, 9.17) is 4.52 Å². The number of aromatic nitrogens is 2. The summed E-state index contributed by atoms with van der Waals surface area (Å²) in [5.74, 6) is 0.713. The predicted molar refractivity (Wildman–Crippen MR) is 77.1 cm³/mol. The van der Waals surface area contributed by atoms with Crippen LogP contribution < -0.4 is 0 Å². The summed E-state index contributed by atoms with van der Waals surface area (Å²) < 4.78 is 32.5. The lowest BCUT2D eigenvalue weighted by Gasteiger charge is -2.32. The van der Waals surface area contributed by atoms with E-state index in [9.17, 15) is 8.78 Å². The minimum Gasteiger partial charge on any atom is -0.340 e. The van der Waals surface area contributed by atoms with Gasteiger partial charge in [-0.3, -0.25) is 4.90 Å². The van der Waals surface area contributed by atoms with Crippen LogP contribution in [0, 0.1) is 24.5 Å². The summed E-state index contributed by atoms with van der Waals surface area (Å²) in [5, 5.41) is 3.92. The molecule has 1 unspecified atom stereocenters. The Labute approximate surface area is 128 Å². The smallest absolute Gasteiger partial charge is 0.223 e. The zero-order valence-electron chi connectivity index (χ0n) is 12.6. The molecule has 6 heteroatoms. The molecule has 1 aliphatic heterocycles. The monoisotopic (exact) mass is 307 g/mol. The molecule has 1 aromatic heterocycles. The summed E-state index contributed by atoms with van der Waals surface area (Å²) in [7, 11) is 0. The molecule has 0 spiro atoms. The third-order valence-corrected chi connectivity index (χ3v) is 4.09. The molecular weight excluding hydrogens is 288 g/mol. The van der Waals surface area contributed by atoms with E-state index in [1.807, 2.05) is 0 Å². The van der Waals surface area contributed by atoms with Gasteiger partial charge in [-0.2, -0.15) is 4.98 Å². The van der Waals surface area contributed by atoms with Crippen molar-refractivity contribution in [2.24, 2.45) is 5.92 Å². The van der Waals surface area contributed by atoms with Gasteiger partial charge in [0.15, 0.2) is 5.82 Å². The molecule has 0 N–H and O–H groups in total. The first-order valence-electron chi connectivity index (χ1n) is 7.56. The zero-order valence-corrected chi connectivity index (χ0v) is 12.6. The van der Waals surface area contributed by atoms with E-state index in [0.717, 1.165) is 32.4 Å². The quantitative estimate of drug-likeness (QED) is 0.870. The Morgan fingerprint density at radius 2 is 2.09 bits per heavy atom. The number of rotatable bonds is 4. The molecule has 22 heavy (non-hydrogen) atoms. The van der Waals surface area contributed by atoms with Gasteiger partial charge in [0.1, 0.15) is 11.6 Å². The summed E-state index contributed by atoms with van der Waals surface area (Å²) in [6, 6.07) is 4.01. The molecule has 3 rings (SSSR count). The van der Waals surface area contributed by atoms with Crippen LogP contribution in [0.15, 0.2) is 22.7 Å². The molecule has 4 nitrogen and oxygen atoms in total. The van der Waals surface area contributed by atoms with Crippen LogP contribution in [0.25, 0.3) is 0 Å². The maximum atomic E-state index is 13.8. The largest absolute Gasteiger partial charge is 0.340 e. The fourth-order valence-electron chi connectivity index (χ4n) is 3.05. The Morgan fingerprint density at radius 3 is 2.77 bits per heavy atom. The molecule has 1 atom stereocenters. The average Bonchev–Trinajstić information content (AvgIpc) is 2.89. The van der Waals surface area contributed by atoms with Crippen LogP contribution >= 0.6 is 0 Å². The van der Waals surface area contributed by atoms with Crippen LogP contribution in [0.2, 0.25) is 0 Å². The highest BCUT2D eigenvalue weighted by Crippen LogP contribution is 2.23. The summed E-state index contributed by atoms with van der Waals surface area (Å²) in [6.45, 7) is 3.72. The van der Waals surface area contributed by atoms with Crippen LogP contribution in [0.4, 0.5) is 8.78 Å². The molecule has 1 aliphatic rings. The number of nitrogens with zero attached hydrogens (tertiary/aromatic N) is 3. The van der Waals surface area contributed by atoms with Gasteiger partial charge >= 0.3 is 0 Å². The molecule has 2 aromatic rings. The summed E-state index contributed by atoms with van der Waals surface area (Å²) >= 11 is 0. The van der Waals surface area contributed by atoms with Gasteiger partial charge < -0.3 is 4.52 Å². The number of halogens is 2. The van der Waals surface area contributed by atoms with Crippen LogP contribution in [0.1, 0.15) is 30.1 Å². The standard InChI is InChI=1S/C16H19F2N3O/c1-11-19-16(20-22-11)8-12-4-3-7-21(9-12)10-13-14(17)5-2-6-15(13)18/h2,5-6,12H,3-4,7-10H2,1H3. The van der Waals surface area contributed by atoms with Crippen molar-refractivity contribution < 1.29 is 13.3 Å². The van der Waals surface area contributed by atoms with E-state index in [0.29, 0.717) is 24.2 Å². The van der Waals surface area contributed by atoms with E-state index in [2.05, 4.69) is 15.0 Å². The van der Waals surface area contributed by atoms with E-state index in [1.54, 1.807) is 6.92 Å². The molecule has 0 saturated carbocycles. The third kappa shape index (κ3) is 3.50. The van der Waals surface area contributed by atoms with Gasteiger partial charge in [0.05, 0.1) is 0 Å². The summed E-state index contributed by atoms with van der Waals surface area (Å²) in [6.07, 6.45) is 2.83. The highest BCUT2D eigenvalue weighted by atomic mass is 19.1. The van der Waals surface area contributed by atoms with Gasteiger partial charge in [0.2, 0.25) is 5.89 Å². The lowest BCUT2D eigenvalue weighted by molar-refractivity contribution is 0.161. The molecule has 0 bridgehead atoms. The number of likely N-dealkylation sites (tertiary alicyclic amines) is 1. The molecule has 2 heterocycles. The van der Waals surface area contributed by atoms with Gasteiger partial charge in [0.25, 0.3) is 0 Å². The number of hydrogen-bond acceptors (Lipinski definition) is 4. The number of piperidine rings is 1. The van der Waals surface area contributed by atoms with E-state index < -0.39 is 11.6 Å². The lowest BCUT2D eigenvalue weighted by atomic mass is 9.94. The van der Waals surface area contributed by atoms with Gasteiger partial charge in [-0.05, 0) is 37.4 Å². The SMILES string of the molecule is Cc1nc(CC2CCCN(Cc3c(F)cccc3F)C2)no1. The molecule has 0 radical (unpaired) electrons. The van der Waals surface area contributed by atoms with Crippen molar-refractivity contribution in [1.29, 1.82) is 0 Å². The first-order valence-corrected chi connectivity index (χ1v) is 7.56. The van der Waals surface area contributed by atoms with Crippen molar-refractivity contribution in [1.82, 2.24) is 15.0 Å². The normalized spacial score (nSPS) is 19.5. The Kier molecular flexibility index (Phi) is 4.47. The molecule has 0 amide bonds. The summed E-state index contributed by atoms with van der Waals surface area (Å²) in [5.41, 5.74) is 0.151. The van der Waals surface area contributed by atoms with Gasteiger partial charge in [-0.1, -0.05) is 11.2 Å². The minimum absolute atomic E-state index is 0.151. The fourth-order valence-corrected chi connectivity index (χ4v) is 3.05. The van der Waals surface area contributed by atoms with Crippen LogP contribution in [0.3, 0.4) is 0 Å². The van der Waals surface area contributed by atoms with E-state index in [1.165, 1.54) is 18.2 Å². The minimum atomic E-state index is -0.476. The first kappa shape index (κ1) is 15.1. The van der Waals surface area contributed by atoms with Crippen molar-refractivity contribution >= 4 is 0 Å². The third-order valence-electron chi connectivity index (χ3n) is 4.09. The maximum absolute atomic E-state index is 13.8. The Hall–Kier alpha value is -1.82.